The number of amides is 2. The van der Waals surface area contributed by atoms with Gasteiger partial charge in [0.15, 0.2) is 0 Å². The van der Waals surface area contributed by atoms with Crippen LogP contribution in [0.5, 0.6) is 0 Å². The molecule has 3 aromatic rings. The minimum absolute atomic E-state index is 0.0203. The predicted octanol–water partition coefficient (Wildman–Crippen LogP) is 4.49. The molecule has 0 aliphatic carbocycles. The molecule has 0 unspecified atom stereocenters. The molecule has 28 heavy (non-hydrogen) atoms. The normalized spacial score (nSPS) is 10.3. The predicted molar refractivity (Wildman–Crippen MR) is 115 cm³/mol. The molecule has 0 bridgehead atoms. The van der Waals surface area contributed by atoms with Crippen LogP contribution in [0.15, 0.2) is 84.9 Å². The maximum atomic E-state index is 12.2. The molecular formula is C23H22N2O2S. The fraction of sp³-hybridized carbons (Fsp3) is 0.130. The summed E-state index contributed by atoms with van der Waals surface area (Å²) in [6.07, 6.45) is 0. The van der Waals surface area contributed by atoms with Crippen molar-refractivity contribution < 1.29 is 9.59 Å². The molecule has 3 aromatic carbocycles. The van der Waals surface area contributed by atoms with Crippen LogP contribution in [0.4, 0.5) is 5.69 Å². The van der Waals surface area contributed by atoms with Crippen LogP contribution in [0.2, 0.25) is 0 Å². The van der Waals surface area contributed by atoms with Gasteiger partial charge >= 0.3 is 0 Å². The lowest BCUT2D eigenvalue weighted by Gasteiger charge is -2.07. The number of carbonyl (C=O) groups is 2. The summed E-state index contributed by atoms with van der Waals surface area (Å²) in [7, 11) is 0. The molecule has 0 heterocycles. The third-order valence-corrected chi connectivity index (χ3v) is 5.08. The van der Waals surface area contributed by atoms with Crippen molar-refractivity contribution in [2.24, 2.45) is 0 Å². The molecule has 5 heteroatoms. The van der Waals surface area contributed by atoms with Crippen LogP contribution in [0.25, 0.3) is 0 Å². The first-order valence-electron chi connectivity index (χ1n) is 9.04. The zero-order chi connectivity index (χ0) is 19.6. The highest BCUT2D eigenvalue weighted by atomic mass is 32.2. The Kier molecular flexibility index (Phi) is 7.27. The number of hydrogen-bond acceptors (Lipinski definition) is 3. The molecule has 0 spiro atoms. The van der Waals surface area contributed by atoms with Gasteiger partial charge in [0, 0.05) is 23.5 Å². The third-order valence-electron chi connectivity index (χ3n) is 4.07. The Labute approximate surface area is 169 Å². The second-order valence-electron chi connectivity index (χ2n) is 6.27. The Hall–Kier alpha value is -3.05. The van der Waals surface area contributed by atoms with Gasteiger partial charge in [0.1, 0.15) is 0 Å². The lowest BCUT2D eigenvalue weighted by Crippen LogP contribution is -2.22. The van der Waals surface area contributed by atoms with Crippen molar-refractivity contribution in [2.45, 2.75) is 12.3 Å². The second kappa shape index (κ2) is 10.3. The third kappa shape index (κ3) is 6.28. The molecule has 3 rings (SSSR count). The van der Waals surface area contributed by atoms with Crippen molar-refractivity contribution in [3.05, 3.63) is 102 Å². The highest BCUT2D eigenvalue weighted by molar-refractivity contribution is 7.99. The van der Waals surface area contributed by atoms with E-state index >= 15 is 0 Å². The van der Waals surface area contributed by atoms with Gasteiger partial charge in [0.05, 0.1) is 5.75 Å². The SMILES string of the molecule is O=C(CSCc1ccc(C(=O)NCc2ccccc2)cc1)Nc1ccccc1. The van der Waals surface area contributed by atoms with Gasteiger partial charge in [0.2, 0.25) is 5.91 Å². The average Bonchev–Trinajstić information content (AvgIpc) is 2.74. The summed E-state index contributed by atoms with van der Waals surface area (Å²) >= 11 is 1.54. The van der Waals surface area contributed by atoms with Crippen LogP contribution in [-0.2, 0) is 17.1 Å². The Morgan fingerprint density at radius 1 is 0.750 bits per heavy atom. The molecule has 2 N–H and O–H groups in total. The molecule has 2 amide bonds. The summed E-state index contributed by atoms with van der Waals surface area (Å²) < 4.78 is 0. The van der Waals surface area contributed by atoms with Crippen molar-refractivity contribution in [3.8, 4) is 0 Å². The first-order valence-corrected chi connectivity index (χ1v) is 10.2. The summed E-state index contributed by atoms with van der Waals surface area (Å²) in [5.41, 5.74) is 3.58. The van der Waals surface area contributed by atoms with Crippen molar-refractivity contribution in [2.75, 3.05) is 11.1 Å². The van der Waals surface area contributed by atoms with E-state index in [4.69, 9.17) is 0 Å². The van der Waals surface area contributed by atoms with Gasteiger partial charge in [-0.05, 0) is 35.4 Å². The zero-order valence-electron chi connectivity index (χ0n) is 15.4. The molecule has 142 valence electrons. The Morgan fingerprint density at radius 2 is 1.39 bits per heavy atom. The lowest BCUT2D eigenvalue weighted by molar-refractivity contribution is -0.113. The van der Waals surface area contributed by atoms with Gasteiger partial charge in [-0.25, -0.2) is 0 Å². The van der Waals surface area contributed by atoms with E-state index in [-0.39, 0.29) is 11.8 Å². The molecule has 0 aliphatic rings. The standard InChI is InChI=1S/C23H22N2O2S/c26-22(25-21-9-5-2-6-10-21)17-28-16-19-11-13-20(14-12-19)23(27)24-15-18-7-3-1-4-8-18/h1-14H,15-17H2,(H,24,27)(H,25,26). The molecule has 0 saturated carbocycles. The summed E-state index contributed by atoms with van der Waals surface area (Å²) in [4.78, 5) is 24.2. The molecule has 4 nitrogen and oxygen atoms in total. The maximum Gasteiger partial charge on any atom is 0.251 e. The van der Waals surface area contributed by atoms with Crippen molar-refractivity contribution >= 4 is 29.3 Å². The van der Waals surface area contributed by atoms with Crippen molar-refractivity contribution in [1.29, 1.82) is 0 Å². The number of nitrogens with one attached hydrogen (secondary N) is 2. The van der Waals surface area contributed by atoms with Crippen molar-refractivity contribution in [1.82, 2.24) is 5.32 Å². The fourth-order valence-electron chi connectivity index (χ4n) is 2.61. The quantitative estimate of drug-likeness (QED) is 0.596. The van der Waals surface area contributed by atoms with Gasteiger partial charge in [-0.1, -0.05) is 60.7 Å². The second-order valence-corrected chi connectivity index (χ2v) is 7.26. The first-order chi connectivity index (χ1) is 13.7. The summed E-state index contributed by atoms with van der Waals surface area (Å²) in [5, 5.41) is 5.79. The highest BCUT2D eigenvalue weighted by Crippen LogP contribution is 2.14. The van der Waals surface area contributed by atoms with Gasteiger partial charge in [-0.2, -0.15) is 0 Å². The number of carbonyl (C=O) groups excluding carboxylic acids is 2. The highest BCUT2D eigenvalue weighted by Gasteiger charge is 2.06. The lowest BCUT2D eigenvalue weighted by atomic mass is 10.1. The fourth-order valence-corrected chi connectivity index (χ4v) is 3.40. The van der Waals surface area contributed by atoms with E-state index in [9.17, 15) is 9.59 Å². The monoisotopic (exact) mass is 390 g/mol. The van der Waals surface area contributed by atoms with Crippen LogP contribution >= 0.6 is 11.8 Å². The summed E-state index contributed by atoms with van der Waals surface area (Å²) in [6, 6.07) is 26.7. The average molecular weight is 391 g/mol. The van der Waals surface area contributed by atoms with Crippen molar-refractivity contribution in [3.63, 3.8) is 0 Å². The van der Waals surface area contributed by atoms with E-state index in [1.165, 1.54) is 0 Å². The number of thioether (sulfide) groups is 1. The molecule has 0 aliphatic heterocycles. The number of hydrogen-bond donors (Lipinski definition) is 2. The minimum Gasteiger partial charge on any atom is -0.348 e. The topological polar surface area (TPSA) is 58.2 Å². The molecule has 0 saturated heterocycles. The van der Waals surface area contributed by atoms with Crippen LogP contribution < -0.4 is 10.6 Å². The summed E-state index contributed by atoms with van der Waals surface area (Å²) in [6.45, 7) is 0.508. The largest absolute Gasteiger partial charge is 0.348 e. The number of rotatable bonds is 8. The maximum absolute atomic E-state index is 12.2. The van der Waals surface area contributed by atoms with Crippen LogP contribution in [0, 0.1) is 0 Å². The Morgan fingerprint density at radius 3 is 2.07 bits per heavy atom. The van der Waals surface area contributed by atoms with Crippen LogP contribution in [0.1, 0.15) is 21.5 Å². The van der Waals surface area contributed by atoms with E-state index in [1.54, 1.807) is 11.8 Å². The Balaban J connectivity index is 1.41. The molecule has 0 radical (unpaired) electrons. The van der Waals surface area contributed by atoms with E-state index in [0.717, 1.165) is 16.8 Å². The van der Waals surface area contributed by atoms with E-state index in [2.05, 4.69) is 10.6 Å². The number of anilines is 1. The Bertz CT molecular complexity index is 897. The summed E-state index contributed by atoms with van der Waals surface area (Å²) in [5.74, 6) is 0.987. The molecule has 0 aromatic heterocycles. The zero-order valence-corrected chi connectivity index (χ0v) is 16.2. The van der Waals surface area contributed by atoms with E-state index in [1.807, 2.05) is 84.9 Å². The molecular weight excluding hydrogens is 368 g/mol. The minimum atomic E-state index is -0.0923. The first kappa shape index (κ1) is 19.7. The van der Waals surface area contributed by atoms with E-state index in [0.29, 0.717) is 23.6 Å². The number of para-hydroxylation sites is 1. The smallest absolute Gasteiger partial charge is 0.251 e. The van der Waals surface area contributed by atoms with Gasteiger partial charge in [0.25, 0.3) is 5.91 Å². The van der Waals surface area contributed by atoms with Gasteiger partial charge in [-0.15, -0.1) is 11.8 Å². The van der Waals surface area contributed by atoms with Gasteiger partial charge < -0.3 is 10.6 Å². The number of benzene rings is 3. The van der Waals surface area contributed by atoms with Crippen LogP contribution in [0.3, 0.4) is 0 Å². The molecule has 0 fully saturated rings. The van der Waals surface area contributed by atoms with E-state index < -0.39 is 0 Å². The van der Waals surface area contributed by atoms with Crippen LogP contribution in [-0.4, -0.2) is 17.6 Å². The van der Waals surface area contributed by atoms with Gasteiger partial charge in [-0.3, -0.25) is 9.59 Å². The molecule has 0 atom stereocenters.